The molecule has 0 aromatic heterocycles. The van der Waals surface area contributed by atoms with E-state index < -0.39 is 0 Å². The van der Waals surface area contributed by atoms with Crippen LogP contribution in [0.1, 0.15) is 39.5 Å². The lowest BCUT2D eigenvalue weighted by molar-refractivity contribution is -0.145. The molecule has 0 aromatic rings. The summed E-state index contributed by atoms with van der Waals surface area (Å²) in [5, 5.41) is 0. The molecule has 0 radical (unpaired) electrons. The van der Waals surface area contributed by atoms with Gasteiger partial charge in [-0.25, -0.2) is 0 Å². The van der Waals surface area contributed by atoms with Crippen LogP contribution >= 0.6 is 0 Å². The van der Waals surface area contributed by atoms with Crippen molar-refractivity contribution in [2.75, 3.05) is 6.61 Å². The number of rotatable bonds is 6. The first-order chi connectivity index (χ1) is 6.61. The van der Waals surface area contributed by atoms with Gasteiger partial charge in [-0.2, -0.15) is 0 Å². The second-order valence-corrected chi connectivity index (χ2v) is 4.57. The summed E-state index contributed by atoms with van der Waals surface area (Å²) in [7, 11) is 0. The third-order valence-corrected chi connectivity index (χ3v) is 2.57. The van der Waals surface area contributed by atoms with Crippen molar-refractivity contribution in [3.05, 3.63) is 0 Å². The van der Waals surface area contributed by atoms with E-state index in [1.54, 1.807) is 0 Å². The zero-order valence-electron chi connectivity index (χ0n) is 9.16. The van der Waals surface area contributed by atoms with Gasteiger partial charge in [0.1, 0.15) is 6.04 Å². The second kappa shape index (κ2) is 5.35. The predicted molar refractivity (Wildman–Crippen MR) is 55.7 cm³/mol. The normalized spacial score (nSPS) is 18.3. The first-order valence-electron chi connectivity index (χ1n) is 5.53. The Balaban J connectivity index is 2.02. The summed E-state index contributed by atoms with van der Waals surface area (Å²) in [4.78, 5) is 11.3. The van der Waals surface area contributed by atoms with Crippen LogP contribution in [0.15, 0.2) is 0 Å². The van der Waals surface area contributed by atoms with Crippen molar-refractivity contribution in [3.8, 4) is 0 Å². The third kappa shape index (κ3) is 4.09. The SMILES string of the molecule is CC(C)CCCOC(=O)C(N)C1CC1. The fourth-order valence-electron chi connectivity index (χ4n) is 1.41. The van der Waals surface area contributed by atoms with Crippen LogP contribution in [0.25, 0.3) is 0 Å². The first kappa shape index (κ1) is 11.5. The van der Waals surface area contributed by atoms with Crippen LogP contribution in [0, 0.1) is 11.8 Å². The van der Waals surface area contributed by atoms with E-state index in [1.165, 1.54) is 0 Å². The van der Waals surface area contributed by atoms with Crippen LogP contribution in [-0.4, -0.2) is 18.6 Å². The zero-order valence-corrected chi connectivity index (χ0v) is 9.16. The van der Waals surface area contributed by atoms with Crippen molar-refractivity contribution in [2.24, 2.45) is 17.6 Å². The van der Waals surface area contributed by atoms with E-state index in [9.17, 15) is 4.79 Å². The fourth-order valence-corrected chi connectivity index (χ4v) is 1.41. The molecule has 1 aliphatic carbocycles. The molecule has 0 aromatic carbocycles. The van der Waals surface area contributed by atoms with E-state index in [2.05, 4.69) is 13.8 Å². The maximum Gasteiger partial charge on any atom is 0.323 e. The van der Waals surface area contributed by atoms with Gasteiger partial charge in [0, 0.05) is 0 Å². The van der Waals surface area contributed by atoms with Gasteiger partial charge in [-0.15, -0.1) is 0 Å². The third-order valence-electron chi connectivity index (χ3n) is 2.57. The molecule has 1 fully saturated rings. The molecule has 0 amide bonds. The molecule has 2 N–H and O–H groups in total. The fraction of sp³-hybridized carbons (Fsp3) is 0.909. The Bertz CT molecular complexity index is 188. The molecular weight excluding hydrogens is 178 g/mol. The molecule has 1 aliphatic rings. The minimum atomic E-state index is -0.367. The maximum atomic E-state index is 11.3. The van der Waals surface area contributed by atoms with Gasteiger partial charge in [0.05, 0.1) is 6.61 Å². The highest BCUT2D eigenvalue weighted by Crippen LogP contribution is 2.31. The molecule has 3 nitrogen and oxygen atoms in total. The van der Waals surface area contributed by atoms with Crippen LogP contribution in [0.4, 0.5) is 0 Å². The molecule has 0 spiro atoms. The van der Waals surface area contributed by atoms with E-state index >= 15 is 0 Å². The molecule has 0 bridgehead atoms. The average molecular weight is 199 g/mol. The van der Waals surface area contributed by atoms with Gasteiger partial charge in [0.2, 0.25) is 0 Å². The van der Waals surface area contributed by atoms with E-state index in [0.29, 0.717) is 18.4 Å². The van der Waals surface area contributed by atoms with Crippen LogP contribution in [0.5, 0.6) is 0 Å². The Hall–Kier alpha value is -0.570. The standard InChI is InChI=1S/C11H21NO2/c1-8(2)4-3-7-14-11(13)10(12)9-5-6-9/h8-10H,3-7,12H2,1-2H3. The smallest absolute Gasteiger partial charge is 0.323 e. The lowest BCUT2D eigenvalue weighted by Crippen LogP contribution is -2.34. The van der Waals surface area contributed by atoms with Crippen LogP contribution in [-0.2, 0) is 9.53 Å². The Morgan fingerprint density at radius 2 is 2.14 bits per heavy atom. The van der Waals surface area contributed by atoms with Gasteiger partial charge in [-0.3, -0.25) is 4.79 Å². The molecule has 0 saturated heterocycles. The topological polar surface area (TPSA) is 52.3 Å². The molecule has 1 saturated carbocycles. The predicted octanol–water partition coefficient (Wildman–Crippen LogP) is 1.70. The molecule has 0 aliphatic heterocycles. The highest BCUT2D eigenvalue weighted by Gasteiger charge is 2.34. The molecule has 3 heteroatoms. The van der Waals surface area contributed by atoms with Crippen molar-refractivity contribution in [3.63, 3.8) is 0 Å². The summed E-state index contributed by atoms with van der Waals surface area (Å²) in [5.74, 6) is 0.856. The molecular formula is C11H21NO2. The Morgan fingerprint density at radius 3 is 2.64 bits per heavy atom. The van der Waals surface area contributed by atoms with Crippen LogP contribution in [0.2, 0.25) is 0 Å². The summed E-state index contributed by atoms with van der Waals surface area (Å²) in [6.45, 7) is 4.85. The molecule has 0 heterocycles. The lowest BCUT2D eigenvalue weighted by Gasteiger charge is -2.10. The summed E-state index contributed by atoms with van der Waals surface area (Å²) in [6.07, 6.45) is 4.22. The zero-order chi connectivity index (χ0) is 10.6. The van der Waals surface area contributed by atoms with Gasteiger partial charge < -0.3 is 10.5 Å². The van der Waals surface area contributed by atoms with Crippen LogP contribution < -0.4 is 5.73 Å². The monoisotopic (exact) mass is 199 g/mol. The quantitative estimate of drug-likeness (QED) is 0.523. The summed E-state index contributed by atoms with van der Waals surface area (Å²) < 4.78 is 5.09. The number of carbonyl (C=O) groups excluding carboxylic acids is 1. The van der Waals surface area contributed by atoms with Gasteiger partial charge >= 0.3 is 5.97 Å². The Morgan fingerprint density at radius 1 is 1.50 bits per heavy atom. The lowest BCUT2D eigenvalue weighted by atomic mass is 10.1. The Labute approximate surface area is 86.0 Å². The number of hydrogen-bond acceptors (Lipinski definition) is 3. The molecule has 1 rings (SSSR count). The molecule has 14 heavy (non-hydrogen) atoms. The van der Waals surface area contributed by atoms with Crippen LogP contribution in [0.3, 0.4) is 0 Å². The van der Waals surface area contributed by atoms with Crippen molar-refractivity contribution in [1.29, 1.82) is 0 Å². The summed E-state index contributed by atoms with van der Waals surface area (Å²) in [6, 6.07) is -0.367. The number of nitrogens with two attached hydrogens (primary N) is 1. The molecule has 1 unspecified atom stereocenters. The highest BCUT2D eigenvalue weighted by atomic mass is 16.5. The highest BCUT2D eigenvalue weighted by molar-refractivity contribution is 5.76. The maximum absolute atomic E-state index is 11.3. The molecule has 1 atom stereocenters. The van der Waals surface area contributed by atoms with E-state index in [0.717, 1.165) is 25.7 Å². The molecule has 82 valence electrons. The van der Waals surface area contributed by atoms with Crippen molar-refractivity contribution in [1.82, 2.24) is 0 Å². The Kier molecular flexibility index (Phi) is 4.39. The number of esters is 1. The van der Waals surface area contributed by atoms with Gasteiger partial charge in [0.25, 0.3) is 0 Å². The van der Waals surface area contributed by atoms with Gasteiger partial charge in [0.15, 0.2) is 0 Å². The van der Waals surface area contributed by atoms with Crippen molar-refractivity contribution < 1.29 is 9.53 Å². The number of ether oxygens (including phenoxy) is 1. The second-order valence-electron chi connectivity index (χ2n) is 4.57. The van der Waals surface area contributed by atoms with E-state index in [1.807, 2.05) is 0 Å². The largest absolute Gasteiger partial charge is 0.465 e. The number of carbonyl (C=O) groups is 1. The average Bonchev–Trinajstić information content (AvgIpc) is 2.93. The number of hydrogen-bond donors (Lipinski definition) is 1. The van der Waals surface area contributed by atoms with E-state index in [4.69, 9.17) is 10.5 Å². The van der Waals surface area contributed by atoms with Crippen molar-refractivity contribution in [2.45, 2.75) is 45.6 Å². The minimum Gasteiger partial charge on any atom is -0.465 e. The van der Waals surface area contributed by atoms with Gasteiger partial charge in [-0.1, -0.05) is 13.8 Å². The van der Waals surface area contributed by atoms with Gasteiger partial charge in [-0.05, 0) is 37.5 Å². The summed E-state index contributed by atoms with van der Waals surface area (Å²) >= 11 is 0. The minimum absolute atomic E-state index is 0.212. The van der Waals surface area contributed by atoms with E-state index in [-0.39, 0.29) is 12.0 Å². The van der Waals surface area contributed by atoms with Crippen molar-refractivity contribution >= 4 is 5.97 Å². The first-order valence-corrected chi connectivity index (χ1v) is 5.53. The summed E-state index contributed by atoms with van der Waals surface area (Å²) in [5.41, 5.74) is 5.69.